The first-order chi connectivity index (χ1) is 8.19. The summed E-state index contributed by atoms with van der Waals surface area (Å²) < 4.78 is 5.11. The minimum absolute atomic E-state index is 0.0754. The molecule has 2 N–H and O–H groups in total. The smallest absolute Gasteiger partial charge is 0.371 e. The Bertz CT molecular complexity index is 536. The van der Waals surface area contributed by atoms with E-state index in [0.29, 0.717) is 5.88 Å². The number of benzene rings is 1. The van der Waals surface area contributed by atoms with Crippen LogP contribution in [0, 0.1) is 0 Å². The summed E-state index contributed by atoms with van der Waals surface area (Å²) in [6, 6.07) is 10.8. The first kappa shape index (κ1) is 11.6. The Hall–Kier alpha value is -1.88. The summed E-state index contributed by atoms with van der Waals surface area (Å²) in [5, 5.41) is 11.7. The molecule has 0 spiro atoms. The normalized spacial score (nSPS) is 10.2. The summed E-state index contributed by atoms with van der Waals surface area (Å²) in [7, 11) is 0. The number of rotatable bonds is 4. The van der Waals surface area contributed by atoms with Crippen molar-refractivity contribution in [1.82, 2.24) is 0 Å². The predicted octanol–water partition coefficient (Wildman–Crippen LogP) is 3.44. The molecule has 0 unspecified atom stereocenters. The molecule has 2 aromatic rings. The molecule has 17 heavy (non-hydrogen) atoms. The van der Waals surface area contributed by atoms with Gasteiger partial charge in [-0.15, -0.1) is 11.8 Å². The monoisotopic (exact) mass is 249 g/mol. The van der Waals surface area contributed by atoms with Gasteiger partial charge in [-0.3, -0.25) is 0 Å². The molecule has 5 heteroatoms. The standard InChI is InChI=1S/C12H11NO3S/c1-17-9-4-2-3-8(7-9)13-11-6-5-10(16-11)12(14)15/h2-7,13H,1H3,(H,14,15). The second kappa shape index (κ2) is 4.97. The van der Waals surface area contributed by atoms with E-state index < -0.39 is 5.97 Å². The van der Waals surface area contributed by atoms with Crippen LogP contribution in [-0.4, -0.2) is 17.3 Å². The maximum atomic E-state index is 10.6. The number of furan rings is 1. The lowest BCUT2D eigenvalue weighted by molar-refractivity contribution is 0.0663. The van der Waals surface area contributed by atoms with Gasteiger partial charge in [-0.05, 0) is 30.5 Å². The summed E-state index contributed by atoms with van der Waals surface area (Å²) >= 11 is 1.64. The molecule has 0 atom stereocenters. The number of carboxylic acid groups (broad SMARTS) is 1. The van der Waals surface area contributed by atoms with Crippen molar-refractivity contribution in [3.05, 3.63) is 42.2 Å². The zero-order valence-corrected chi connectivity index (χ0v) is 9.95. The first-order valence-corrected chi connectivity index (χ1v) is 6.16. The molecule has 4 nitrogen and oxygen atoms in total. The third-order valence-electron chi connectivity index (χ3n) is 2.15. The number of hydrogen-bond donors (Lipinski definition) is 2. The highest BCUT2D eigenvalue weighted by atomic mass is 32.2. The second-order valence-electron chi connectivity index (χ2n) is 3.33. The average Bonchev–Trinajstić information content (AvgIpc) is 2.78. The summed E-state index contributed by atoms with van der Waals surface area (Å²) in [5.41, 5.74) is 0.864. The van der Waals surface area contributed by atoms with Gasteiger partial charge in [-0.2, -0.15) is 0 Å². The summed E-state index contributed by atoms with van der Waals surface area (Å²) in [5.74, 6) is -0.731. The van der Waals surface area contributed by atoms with Crippen LogP contribution in [-0.2, 0) is 0 Å². The Morgan fingerprint density at radius 1 is 1.35 bits per heavy atom. The fourth-order valence-corrected chi connectivity index (χ4v) is 1.82. The van der Waals surface area contributed by atoms with Crippen molar-refractivity contribution >= 4 is 29.3 Å². The molecular weight excluding hydrogens is 238 g/mol. The fraction of sp³-hybridized carbons (Fsp3) is 0.0833. The van der Waals surface area contributed by atoms with Crippen LogP contribution in [0.5, 0.6) is 0 Å². The highest BCUT2D eigenvalue weighted by Gasteiger charge is 2.08. The Kier molecular flexibility index (Phi) is 3.39. The van der Waals surface area contributed by atoms with E-state index in [2.05, 4.69) is 5.32 Å². The second-order valence-corrected chi connectivity index (χ2v) is 4.21. The van der Waals surface area contributed by atoms with Gasteiger partial charge in [0.05, 0.1) is 0 Å². The Morgan fingerprint density at radius 2 is 2.18 bits per heavy atom. The van der Waals surface area contributed by atoms with Crippen LogP contribution in [0.2, 0.25) is 0 Å². The molecule has 0 aliphatic carbocycles. The van der Waals surface area contributed by atoms with Gasteiger partial charge in [0, 0.05) is 16.6 Å². The molecular formula is C12H11NO3S. The van der Waals surface area contributed by atoms with Gasteiger partial charge in [-0.25, -0.2) is 4.79 Å². The van der Waals surface area contributed by atoms with Crippen LogP contribution in [0.4, 0.5) is 11.6 Å². The van der Waals surface area contributed by atoms with Crippen molar-refractivity contribution in [3.8, 4) is 0 Å². The van der Waals surface area contributed by atoms with Gasteiger partial charge < -0.3 is 14.8 Å². The highest BCUT2D eigenvalue weighted by molar-refractivity contribution is 7.98. The minimum Gasteiger partial charge on any atom is -0.475 e. The van der Waals surface area contributed by atoms with Crippen LogP contribution in [0.15, 0.2) is 45.7 Å². The molecule has 88 valence electrons. The van der Waals surface area contributed by atoms with E-state index in [1.807, 2.05) is 30.5 Å². The van der Waals surface area contributed by atoms with E-state index in [-0.39, 0.29) is 5.76 Å². The number of aromatic carboxylic acids is 1. The molecule has 0 bridgehead atoms. The van der Waals surface area contributed by atoms with Crippen molar-refractivity contribution in [3.63, 3.8) is 0 Å². The van der Waals surface area contributed by atoms with Crippen molar-refractivity contribution in [2.45, 2.75) is 4.90 Å². The molecule has 0 aliphatic heterocycles. The topological polar surface area (TPSA) is 62.5 Å². The molecule has 0 aliphatic rings. The van der Waals surface area contributed by atoms with E-state index in [9.17, 15) is 4.79 Å². The lowest BCUT2D eigenvalue weighted by Crippen LogP contribution is -1.92. The fourth-order valence-electron chi connectivity index (χ4n) is 1.36. The number of nitrogens with one attached hydrogen (secondary N) is 1. The van der Waals surface area contributed by atoms with Gasteiger partial charge in [0.25, 0.3) is 0 Å². The van der Waals surface area contributed by atoms with E-state index in [0.717, 1.165) is 10.6 Å². The number of thioether (sulfide) groups is 1. The third kappa shape index (κ3) is 2.82. The molecule has 1 heterocycles. The SMILES string of the molecule is CSc1cccc(Nc2ccc(C(=O)O)o2)c1. The van der Waals surface area contributed by atoms with Gasteiger partial charge in [0.2, 0.25) is 5.76 Å². The molecule has 0 saturated carbocycles. The lowest BCUT2D eigenvalue weighted by Gasteiger charge is -2.04. The number of carbonyl (C=O) groups is 1. The van der Waals surface area contributed by atoms with Crippen molar-refractivity contribution in [2.75, 3.05) is 11.6 Å². The number of carboxylic acids is 1. The van der Waals surface area contributed by atoms with Crippen molar-refractivity contribution < 1.29 is 14.3 Å². The highest BCUT2D eigenvalue weighted by Crippen LogP contribution is 2.23. The molecule has 2 rings (SSSR count). The maximum Gasteiger partial charge on any atom is 0.371 e. The van der Waals surface area contributed by atoms with Crippen LogP contribution in [0.25, 0.3) is 0 Å². The summed E-state index contributed by atoms with van der Waals surface area (Å²) in [6.07, 6.45) is 1.99. The Morgan fingerprint density at radius 3 is 2.82 bits per heavy atom. The largest absolute Gasteiger partial charge is 0.475 e. The third-order valence-corrected chi connectivity index (χ3v) is 2.88. The van der Waals surface area contributed by atoms with E-state index >= 15 is 0 Å². The predicted molar refractivity (Wildman–Crippen MR) is 67.2 cm³/mol. The Balaban J connectivity index is 2.16. The molecule has 0 saturated heterocycles. The lowest BCUT2D eigenvalue weighted by atomic mass is 10.3. The van der Waals surface area contributed by atoms with E-state index in [1.54, 1.807) is 17.8 Å². The quantitative estimate of drug-likeness (QED) is 0.813. The summed E-state index contributed by atoms with van der Waals surface area (Å²) in [6.45, 7) is 0. The molecule has 1 aromatic heterocycles. The Labute approximate surface area is 103 Å². The van der Waals surface area contributed by atoms with E-state index in [4.69, 9.17) is 9.52 Å². The molecule has 1 aromatic carbocycles. The zero-order valence-electron chi connectivity index (χ0n) is 9.14. The van der Waals surface area contributed by atoms with Crippen LogP contribution < -0.4 is 5.32 Å². The number of anilines is 2. The van der Waals surface area contributed by atoms with Crippen molar-refractivity contribution in [2.24, 2.45) is 0 Å². The van der Waals surface area contributed by atoms with Crippen molar-refractivity contribution in [1.29, 1.82) is 0 Å². The van der Waals surface area contributed by atoms with Crippen LogP contribution in [0.3, 0.4) is 0 Å². The molecule has 0 amide bonds. The van der Waals surface area contributed by atoms with Gasteiger partial charge >= 0.3 is 5.97 Å². The average molecular weight is 249 g/mol. The maximum absolute atomic E-state index is 10.6. The molecule has 0 fully saturated rings. The first-order valence-electron chi connectivity index (χ1n) is 4.93. The van der Waals surface area contributed by atoms with Gasteiger partial charge in [0.15, 0.2) is 5.88 Å². The summed E-state index contributed by atoms with van der Waals surface area (Å²) in [4.78, 5) is 11.8. The van der Waals surface area contributed by atoms with E-state index in [1.165, 1.54) is 6.07 Å². The van der Waals surface area contributed by atoms with Crippen LogP contribution in [0.1, 0.15) is 10.6 Å². The zero-order chi connectivity index (χ0) is 12.3. The molecule has 0 radical (unpaired) electrons. The van der Waals surface area contributed by atoms with Gasteiger partial charge in [0.1, 0.15) is 0 Å². The minimum atomic E-state index is -1.07. The van der Waals surface area contributed by atoms with Crippen LogP contribution >= 0.6 is 11.8 Å². The number of hydrogen-bond acceptors (Lipinski definition) is 4. The van der Waals surface area contributed by atoms with Gasteiger partial charge in [-0.1, -0.05) is 6.07 Å².